The number of fused-ring (bicyclic) bond motifs is 5. The molecule has 4 aliphatic carbocycles. The number of thioether (sulfide) groups is 1. The van der Waals surface area contributed by atoms with E-state index in [1.165, 1.54) is 0 Å². The summed E-state index contributed by atoms with van der Waals surface area (Å²) >= 11 is 1.15. The molecule has 3 saturated carbocycles. The van der Waals surface area contributed by atoms with Gasteiger partial charge in [0.1, 0.15) is 11.6 Å². The lowest BCUT2D eigenvalue weighted by atomic mass is 9.45. The molecule has 0 amide bonds. The summed E-state index contributed by atoms with van der Waals surface area (Å²) in [7, 11) is 0. The normalized spacial score (nSPS) is 43.0. The van der Waals surface area contributed by atoms with E-state index in [4.69, 9.17) is 4.74 Å². The molecule has 0 aromatic carbocycles. The lowest BCUT2D eigenvalue weighted by Crippen LogP contribution is -2.57. The van der Waals surface area contributed by atoms with Gasteiger partial charge in [-0.1, -0.05) is 37.8 Å². The molecule has 4 fully saturated rings. The number of morpholine rings is 1. The largest absolute Gasteiger partial charge is 0.389 e. The van der Waals surface area contributed by atoms with Crippen molar-refractivity contribution < 1.29 is 24.2 Å². The number of allylic oxidation sites excluding steroid dienone is 1. The zero-order valence-electron chi connectivity index (χ0n) is 20.9. The smallest absolute Gasteiger partial charge is 0.203 e. The summed E-state index contributed by atoms with van der Waals surface area (Å²) < 4.78 is 5.34. The summed E-state index contributed by atoms with van der Waals surface area (Å²) in [5.74, 6) is 1.63. The van der Waals surface area contributed by atoms with Gasteiger partial charge in [-0.25, -0.2) is 0 Å². The van der Waals surface area contributed by atoms with Gasteiger partial charge in [0.25, 0.3) is 0 Å². The van der Waals surface area contributed by atoms with E-state index in [0.29, 0.717) is 49.7 Å². The van der Waals surface area contributed by atoms with Crippen molar-refractivity contribution in [3.63, 3.8) is 0 Å². The lowest BCUT2D eigenvalue weighted by molar-refractivity contribution is -0.152. The van der Waals surface area contributed by atoms with E-state index in [0.717, 1.165) is 57.0 Å². The van der Waals surface area contributed by atoms with Crippen LogP contribution in [0.1, 0.15) is 52.4 Å². The molecule has 1 aliphatic heterocycles. The summed E-state index contributed by atoms with van der Waals surface area (Å²) in [6, 6.07) is 0. The minimum atomic E-state index is -0.393. The highest BCUT2D eigenvalue weighted by Gasteiger charge is 2.63. The average Bonchev–Trinajstić information content (AvgIpc) is 3.15. The topological polar surface area (TPSA) is 83.9 Å². The number of halogens is 1. The summed E-state index contributed by atoms with van der Waals surface area (Å²) in [6.07, 6.45) is 8.76. The van der Waals surface area contributed by atoms with Gasteiger partial charge in [0.15, 0.2) is 0 Å². The van der Waals surface area contributed by atoms with Crippen LogP contribution in [0.3, 0.4) is 0 Å². The standard InChI is InChI=1S/C27H39NO5S.ClH/c1-26-8-7-18(29)13-17(26)3-4-19-20-5-6-21(27(20,2)14-22(30)25(19)26)23(31)16-34-24(32)15-28-9-11-33-12-10-28;/h7-8,17-21,25,29H,3-6,9-16H2,1-2H3;1H/t17-,18+,19-,20-,21+,25+,26-,27-;/m0./s1. The predicted molar refractivity (Wildman–Crippen MR) is 138 cm³/mol. The molecule has 0 radical (unpaired) electrons. The summed E-state index contributed by atoms with van der Waals surface area (Å²) in [5, 5.41) is 10.2. The number of carbonyl (C=O) groups is 3. The summed E-state index contributed by atoms with van der Waals surface area (Å²) in [5.41, 5.74) is -0.464. The SMILES string of the molecule is C[C@]12C=C[C@@H](O)C[C@@H]1CC[C@@H]1[C@@H]2C(=O)C[C@]2(C)[C@@H](C(=O)CSC(=O)CN3CCOCC3)CC[C@@H]12.Cl. The second kappa shape index (κ2) is 10.6. The van der Waals surface area contributed by atoms with Crippen LogP contribution in [0.2, 0.25) is 0 Å². The van der Waals surface area contributed by atoms with E-state index < -0.39 is 6.10 Å². The number of ketones is 2. The fraction of sp³-hybridized carbons (Fsp3) is 0.815. The Balaban J connectivity index is 0.00000289. The van der Waals surface area contributed by atoms with Crippen molar-refractivity contribution in [2.75, 3.05) is 38.6 Å². The average molecular weight is 526 g/mol. The molecule has 0 unspecified atom stereocenters. The minimum absolute atomic E-state index is 0. The molecule has 5 rings (SSSR count). The Morgan fingerprint density at radius 2 is 1.91 bits per heavy atom. The van der Waals surface area contributed by atoms with Crippen LogP contribution in [0.4, 0.5) is 0 Å². The van der Waals surface area contributed by atoms with Crippen LogP contribution < -0.4 is 0 Å². The molecule has 0 spiro atoms. The molecule has 1 saturated heterocycles. The minimum Gasteiger partial charge on any atom is -0.389 e. The quantitative estimate of drug-likeness (QED) is 0.549. The summed E-state index contributed by atoms with van der Waals surface area (Å²) in [6.45, 7) is 7.62. The fourth-order valence-electron chi connectivity index (χ4n) is 8.38. The first kappa shape index (κ1) is 27.3. The number of ether oxygens (including phenoxy) is 1. The third kappa shape index (κ3) is 4.93. The van der Waals surface area contributed by atoms with E-state index >= 15 is 0 Å². The van der Waals surface area contributed by atoms with Gasteiger partial charge < -0.3 is 9.84 Å². The van der Waals surface area contributed by atoms with Gasteiger partial charge in [0.05, 0.1) is 31.6 Å². The fourth-order valence-corrected chi connectivity index (χ4v) is 9.16. The highest BCUT2D eigenvalue weighted by molar-refractivity contribution is 8.14. The van der Waals surface area contributed by atoms with E-state index in [1.54, 1.807) is 0 Å². The Labute approximate surface area is 219 Å². The number of nitrogens with zero attached hydrogens (tertiary/aromatic N) is 1. The predicted octanol–water partition coefficient (Wildman–Crippen LogP) is 3.54. The number of hydrogen-bond donors (Lipinski definition) is 1. The molecule has 1 heterocycles. The van der Waals surface area contributed by atoms with E-state index in [9.17, 15) is 19.5 Å². The molecular formula is C27H40ClNO5S. The molecule has 196 valence electrons. The van der Waals surface area contributed by atoms with Gasteiger partial charge in [-0.3, -0.25) is 19.3 Å². The van der Waals surface area contributed by atoms with E-state index in [-0.39, 0.29) is 51.7 Å². The third-order valence-corrected chi connectivity index (χ3v) is 11.0. The number of aliphatic hydroxyl groups is 1. The first-order chi connectivity index (χ1) is 16.2. The first-order valence-corrected chi connectivity index (χ1v) is 14.1. The molecule has 6 nitrogen and oxygen atoms in total. The van der Waals surface area contributed by atoms with Gasteiger partial charge >= 0.3 is 0 Å². The van der Waals surface area contributed by atoms with Crippen molar-refractivity contribution in [1.29, 1.82) is 0 Å². The number of carbonyl (C=O) groups excluding carboxylic acids is 3. The van der Waals surface area contributed by atoms with Gasteiger partial charge in [0.2, 0.25) is 5.12 Å². The second-order valence-corrected chi connectivity index (χ2v) is 12.9. The first-order valence-electron chi connectivity index (χ1n) is 13.1. The number of rotatable bonds is 5. The van der Waals surface area contributed by atoms with Crippen molar-refractivity contribution in [2.24, 2.45) is 40.4 Å². The maximum atomic E-state index is 13.7. The van der Waals surface area contributed by atoms with E-state index in [1.807, 2.05) is 6.08 Å². The molecule has 5 aliphatic rings. The van der Waals surface area contributed by atoms with Crippen LogP contribution in [0.25, 0.3) is 0 Å². The molecule has 8 atom stereocenters. The van der Waals surface area contributed by atoms with E-state index in [2.05, 4.69) is 24.8 Å². The number of hydrogen-bond acceptors (Lipinski definition) is 7. The zero-order valence-corrected chi connectivity index (χ0v) is 22.6. The van der Waals surface area contributed by atoms with Gasteiger partial charge in [0, 0.05) is 31.3 Å². The Morgan fingerprint density at radius 3 is 2.66 bits per heavy atom. The van der Waals surface area contributed by atoms with Crippen LogP contribution in [0, 0.1) is 40.4 Å². The van der Waals surface area contributed by atoms with Crippen molar-refractivity contribution in [3.05, 3.63) is 12.2 Å². The van der Waals surface area contributed by atoms with Gasteiger partial charge in [-0.15, -0.1) is 12.4 Å². The van der Waals surface area contributed by atoms with Crippen molar-refractivity contribution >= 4 is 40.9 Å². The van der Waals surface area contributed by atoms with Crippen molar-refractivity contribution in [2.45, 2.75) is 58.5 Å². The molecule has 0 bridgehead atoms. The molecular weight excluding hydrogens is 486 g/mol. The molecule has 1 N–H and O–H groups in total. The van der Waals surface area contributed by atoms with Crippen molar-refractivity contribution in [1.82, 2.24) is 4.90 Å². The second-order valence-electron chi connectivity index (χ2n) is 11.8. The van der Waals surface area contributed by atoms with Crippen LogP contribution in [-0.2, 0) is 19.1 Å². The summed E-state index contributed by atoms with van der Waals surface area (Å²) in [4.78, 5) is 41.6. The Hall–Kier alpha value is -0.730. The van der Waals surface area contributed by atoms with Gasteiger partial charge in [-0.2, -0.15) is 0 Å². The highest BCUT2D eigenvalue weighted by Crippen LogP contribution is 2.65. The monoisotopic (exact) mass is 525 g/mol. The van der Waals surface area contributed by atoms with Gasteiger partial charge in [-0.05, 0) is 60.7 Å². The maximum absolute atomic E-state index is 13.7. The molecule has 35 heavy (non-hydrogen) atoms. The number of Topliss-reactive ketones (excluding diaryl/α,β-unsaturated/α-hetero) is 2. The van der Waals surface area contributed by atoms with Crippen LogP contribution in [-0.4, -0.2) is 71.4 Å². The Morgan fingerprint density at radius 1 is 1.17 bits per heavy atom. The van der Waals surface area contributed by atoms with Crippen molar-refractivity contribution in [3.8, 4) is 0 Å². The third-order valence-electron chi connectivity index (χ3n) is 10.1. The number of aliphatic hydroxyl groups excluding tert-OH is 1. The lowest BCUT2D eigenvalue weighted by Gasteiger charge is -2.58. The highest BCUT2D eigenvalue weighted by atomic mass is 35.5. The van der Waals surface area contributed by atoms with Crippen LogP contribution >= 0.6 is 24.2 Å². The Kier molecular flexibility index (Phi) is 8.24. The maximum Gasteiger partial charge on any atom is 0.203 e. The molecule has 8 heteroatoms. The zero-order chi connectivity index (χ0) is 24.1. The van der Waals surface area contributed by atoms with Crippen LogP contribution in [0.15, 0.2) is 12.2 Å². The Bertz CT molecular complexity index is 876. The van der Waals surface area contributed by atoms with Crippen LogP contribution in [0.5, 0.6) is 0 Å². The molecule has 0 aromatic rings. The molecule has 0 aromatic heterocycles.